The van der Waals surface area contributed by atoms with Crippen LogP contribution in [0.3, 0.4) is 0 Å². The summed E-state index contributed by atoms with van der Waals surface area (Å²) in [6.07, 6.45) is 3.14. The van der Waals surface area contributed by atoms with Crippen molar-refractivity contribution in [1.82, 2.24) is 25.5 Å². The van der Waals surface area contributed by atoms with E-state index in [1.54, 1.807) is 24.5 Å². The Hall–Kier alpha value is -3.89. The van der Waals surface area contributed by atoms with Gasteiger partial charge in [0.1, 0.15) is 36.2 Å². The molecule has 2 N–H and O–H groups in total. The van der Waals surface area contributed by atoms with Crippen molar-refractivity contribution in [3.8, 4) is 5.75 Å². The summed E-state index contributed by atoms with van der Waals surface area (Å²) in [5.41, 5.74) is 4.86. The summed E-state index contributed by atoms with van der Waals surface area (Å²) < 4.78 is 25.1. The van der Waals surface area contributed by atoms with Gasteiger partial charge in [0, 0.05) is 38.3 Å². The van der Waals surface area contributed by atoms with Gasteiger partial charge in [-0.15, -0.1) is 0 Å². The molecular weight excluding hydrogens is 489 g/mol. The van der Waals surface area contributed by atoms with Crippen molar-refractivity contribution >= 4 is 11.8 Å². The molecule has 3 unspecified atom stereocenters. The first-order valence-corrected chi connectivity index (χ1v) is 12.6. The summed E-state index contributed by atoms with van der Waals surface area (Å²) in [7, 11) is 0. The molecule has 4 heterocycles. The van der Waals surface area contributed by atoms with Gasteiger partial charge in [-0.3, -0.25) is 24.5 Å². The molecule has 10 heteroatoms. The largest absolute Gasteiger partial charge is 0.487 e. The number of epoxide rings is 1. The molecule has 0 radical (unpaired) electrons. The van der Waals surface area contributed by atoms with E-state index in [1.807, 2.05) is 19.1 Å². The Balaban J connectivity index is 1.27. The molecule has 3 atom stereocenters. The molecule has 3 aromatic rings. The Morgan fingerprint density at radius 3 is 2.68 bits per heavy atom. The van der Waals surface area contributed by atoms with Crippen LogP contribution >= 0.6 is 0 Å². The Bertz CT molecular complexity index is 1350. The molecule has 2 aliphatic rings. The lowest BCUT2D eigenvalue weighted by Gasteiger charge is -2.31. The number of carbonyl (C=O) groups is 2. The van der Waals surface area contributed by atoms with Gasteiger partial charge >= 0.3 is 0 Å². The topological polar surface area (TPSA) is 109 Å². The zero-order chi connectivity index (χ0) is 26.8. The minimum atomic E-state index is -0.282. The highest BCUT2D eigenvalue weighted by Crippen LogP contribution is 2.50. The molecule has 1 aromatic carbocycles. The molecule has 0 bridgehead atoms. The molecule has 2 amide bonds. The van der Waals surface area contributed by atoms with E-state index >= 15 is 0 Å². The predicted octanol–water partition coefficient (Wildman–Crippen LogP) is 3.34. The van der Waals surface area contributed by atoms with Gasteiger partial charge in [0.25, 0.3) is 5.91 Å². The first-order valence-electron chi connectivity index (χ1n) is 12.6. The van der Waals surface area contributed by atoms with Crippen LogP contribution in [0, 0.1) is 12.7 Å². The first kappa shape index (κ1) is 25.7. The third-order valence-electron chi connectivity index (χ3n) is 6.85. The summed E-state index contributed by atoms with van der Waals surface area (Å²) in [6.45, 7) is 6.93. The minimum Gasteiger partial charge on any atom is -0.487 e. The van der Waals surface area contributed by atoms with Crippen LogP contribution in [0.15, 0.2) is 48.8 Å². The zero-order valence-corrected chi connectivity index (χ0v) is 21.5. The van der Waals surface area contributed by atoms with Gasteiger partial charge < -0.3 is 20.1 Å². The summed E-state index contributed by atoms with van der Waals surface area (Å²) in [5, 5.41) is 5.49. The number of pyridine rings is 2. The Kier molecular flexibility index (Phi) is 7.35. The molecule has 5 rings (SSSR count). The summed E-state index contributed by atoms with van der Waals surface area (Å²) >= 11 is 0. The molecule has 9 nitrogen and oxygen atoms in total. The van der Waals surface area contributed by atoms with Crippen LogP contribution in [0.4, 0.5) is 4.39 Å². The van der Waals surface area contributed by atoms with Gasteiger partial charge in [0.05, 0.1) is 17.9 Å². The smallest absolute Gasteiger partial charge is 0.270 e. The van der Waals surface area contributed by atoms with Gasteiger partial charge in [-0.1, -0.05) is 12.1 Å². The molecule has 0 aliphatic carbocycles. The highest BCUT2D eigenvalue weighted by molar-refractivity contribution is 5.94. The van der Waals surface area contributed by atoms with Crippen LogP contribution < -0.4 is 15.4 Å². The number of ether oxygens (including phenoxy) is 2. The molecule has 2 aromatic heterocycles. The second kappa shape index (κ2) is 10.8. The predicted molar refractivity (Wildman–Crippen MR) is 137 cm³/mol. The van der Waals surface area contributed by atoms with Gasteiger partial charge in [0.2, 0.25) is 5.91 Å². The van der Waals surface area contributed by atoms with E-state index in [0.29, 0.717) is 37.7 Å². The van der Waals surface area contributed by atoms with E-state index in [9.17, 15) is 14.0 Å². The Morgan fingerprint density at radius 1 is 1.18 bits per heavy atom. The van der Waals surface area contributed by atoms with Crippen molar-refractivity contribution in [2.24, 2.45) is 0 Å². The Morgan fingerprint density at radius 2 is 1.95 bits per heavy atom. The summed E-state index contributed by atoms with van der Waals surface area (Å²) in [5.74, 6) is -0.0437. The fraction of sp³-hybridized carbons (Fsp3) is 0.357. The number of carbonyl (C=O) groups excluding carboxylic acids is 2. The molecule has 1 saturated heterocycles. The van der Waals surface area contributed by atoms with Crippen LogP contribution in [0.1, 0.15) is 64.4 Å². The van der Waals surface area contributed by atoms with Crippen molar-refractivity contribution in [3.63, 3.8) is 0 Å². The third kappa shape index (κ3) is 5.51. The highest BCUT2D eigenvalue weighted by Gasteiger charge is 2.52. The average Bonchev–Trinajstić information content (AvgIpc) is 3.71. The van der Waals surface area contributed by atoms with Crippen LogP contribution in [0.2, 0.25) is 0 Å². The average molecular weight is 520 g/mol. The first-order chi connectivity index (χ1) is 18.3. The zero-order valence-electron chi connectivity index (χ0n) is 21.5. The van der Waals surface area contributed by atoms with E-state index in [1.165, 1.54) is 19.1 Å². The van der Waals surface area contributed by atoms with E-state index in [2.05, 4.69) is 32.4 Å². The fourth-order valence-electron chi connectivity index (χ4n) is 4.70. The van der Waals surface area contributed by atoms with E-state index < -0.39 is 0 Å². The number of rotatable bonds is 9. The van der Waals surface area contributed by atoms with E-state index in [0.717, 1.165) is 27.9 Å². The van der Waals surface area contributed by atoms with Gasteiger partial charge in [-0.05, 0) is 54.8 Å². The van der Waals surface area contributed by atoms with Crippen molar-refractivity contribution in [2.45, 2.75) is 52.3 Å². The standard InChI is InChI=1S/C28H30FN5O4/c1-16-12-23(33-13-24(16)37-15-19-4-6-20(29)7-5-19)17(2)34-14-22-21(26-28(34)38-26)8-9-31-25(22)27(36)32-11-10-30-18(3)35/h4-9,12-13,17,26,28H,10-11,14-15H2,1-3H3,(H,30,35)(H,32,36). The maximum atomic E-state index is 13.1. The van der Waals surface area contributed by atoms with Crippen molar-refractivity contribution in [2.75, 3.05) is 13.1 Å². The van der Waals surface area contributed by atoms with Gasteiger partial charge in [0.15, 0.2) is 0 Å². The van der Waals surface area contributed by atoms with Crippen LogP contribution in [-0.2, 0) is 22.7 Å². The van der Waals surface area contributed by atoms with Crippen LogP contribution in [-0.4, -0.2) is 46.0 Å². The highest BCUT2D eigenvalue weighted by atomic mass is 19.1. The number of hydrogen-bond donors (Lipinski definition) is 2. The maximum Gasteiger partial charge on any atom is 0.270 e. The molecule has 0 spiro atoms. The number of halogens is 1. The lowest BCUT2D eigenvalue weighted by atomic mass is 9.96. The normalized spacial score (nSPS) is 18.6. The molecule has 198 valence electrons. The van der Waals surface area contributed by atoms with Crippen molar-refractivity contribution in [1.29, 1.82) is 0 Å². The number of fused-ring (bicyclic) bond motifs is 3. The van der Waals surface area contributed by atoms with E-state index in [4.69, 9.17) is 9.47 Å². The summed E-state index contributed by atoms with van der Waals surface area (Å²) in [6, 6.07) is 10.0. The lowest BCUT2D eigenvalue weighted by molar-refractivity contribution is -0.118. The van der Waals surface area contributed by atoms with Crippen molar-refractivity contribution in [3.05, 3.63) is 88.3 Å². The number of benzene rings is 1. The monoisotopic (exact) mass is 519 g/mol. The number of hydrogen-bond acceptors (Lipinski definition) is 7. The number of nitrogens with zero attached hydrogens (tertiary/aromatic N) is 3. The van der Waals surface area contributed by atoms with Crippen molar-refractivity contribution < 1.29 is 23.5 Å². The molecule has 38 heavy (non-hydrogen) atoms. The maximum absolute atomic E-state index is 13.1. The van der Waals surface area contributed by atoms with Crippen LogP contribution in [0.25, 0.3) is 0 Å². The lowest BCUT2D eigenvalue weighted by Crippen LogP contribution is -2.37. The number of aromatic nitrogens is 2. The number of aryl methyl sites for hydroxylation is 1. The quantitative estimate of drug-likeness (QED) is 0.330. The third-order valence-corrected chi connectivity index (χ3v) is 6.85. The molecule has 0 saturated carbocycles. The number of amides is 2. The second-order valence-electron chi connectivity index (χ2n) is 9.55. The van der Waals surface area contributed by atoms with E-state index in [-0.39, 0.29) is 36.0 Å². The van der Waals surface area contributed by atoms with Gasteiger partial charge in [-0.2, -0.15) is 0 Å². The Labute approximate surface area is 220 Å². The number of nitrogens with one attached hydrogen (secondary N) is 2. The van der Waals surface area contributed by atoms with Gasteiger partial charge in [-0.25, -0.2) is 4.39 Å². The molecular formula is C28H30FN5O4. The second-order valence-corrected chi connectivity index (χ2v) is 9.55. The fourth-order valence-corrected chi connectivity index (χ4v) is 4.70. The van der Waals surface area contributed by atoms with Crippen LogP contribution in [0.5, 0.6) is 5.75 Å². The minimum absolute atomic E-state index is 0.0844. The SMILES string of the molecule is CC(=O)NCCNC(=O)c1nccc2c1CN(C(C)c1cc(C)c(OCc3ccc(F)cc3)cn1)C1OC21. The molecule has 2 aliphatic heterocycles. The molecule has 1 fully saturated rings. The summed E-state index contributed by atoms with van der Waals surface area (Å²) in [4.78, 5) is 35.2.